The average Bonchev–Trinajstić information content (AvgIpc) is 2.89. The predicted molar refractivity (Wildman–Crippen MR) is 82.6 cm³/mol. The van der Waals surface area contributed by atoms with Crippen molar-refractivity contribution in [1.82, 2.24) is 10.2 Å². The van der Waals surface area contributed by atoms with Crippen LogP contribution in [0.15, 0.2) is 12.1 Å². The molecule has 0 spiro atoms. The number of hydrogen-bond acceptors (Lipinski definition) is 6. The minimum atomic E-state index is -0.208. The molecule has 2 rings (SSSR count). The minimum absolute atomic E-state index is 0.121. The quantitative estimate of drug-likeness (QED) is 0.570. The van der Waals surface area contributed by atoms with Gasteiger partial charge in [-0.15, -0.1) is 0 Å². The monoisotopic (exact) mass is 307 g/mol. The van der Waals surface area contributed by atoms with Gasteiger partial charge >= 0.3 is 0 Å². The largest absolute Gasteiger partial charge is 0.454 e. The Bertz CT molecular complexity index is 572. The molecule has 0 atom stereocenters. The van der Waals surface area contributed by atoms with Crippen molar-refractivity contribution in [2.24, 2.45) is 0 Å². The molecule has 1 aliphatic rings. The SMILES string of the molecule is CC(=O)c1cc2c(cc1NC(=O)CNCCN(C)C)OCO2. The van der Waals surface area contributed by atoms with Gasteiger partial charge in [0.05, 0.1) is 12.2 Å². The maximum absolute atomic E-state index is 12.0. The lowest BCUT2D eigenvalue weighted by Crippen LogP contribution is -2.33. The first kappa shape index (κ1) is 16.3. The summed E-state index contributed by atoms with van der Waals surface area (Å²) in [5.74, 6) is 0.697. The summed E-state index contributed by atoms with van der Waals surface area (Å²) in [6.45, 7) is 3.30. The summed E-state index contributed by atoms with van der Waals surface area (Å²) in [7, 11) is 3.93. The Morgan fingerprint density at radius 3 is 2.55 bits per heavy atom. The Kier molecular flexibility index (Phi) is 5.35. The molecular formula is C15H21N3O4. The molecule has 7 nitrogen and oxygen atoms in total. The van der Waals surface area contributed by atoms with Gasteiger partial charge in [-0.1, -0.05) is 0 Å². The third kappa shape index (κ3) is 4.19. The number of fused-ring (bicyclic) bond motifs is 1. The van der Waals surface area contributed by atoms with Crippen LogP contribution in [0.25, 0.3) is 0 Å². The molecule has 0 aliphatic carbocycles. The molecule has 22 heavy (non-hydrogen) atoms. The van der Waals surface area contributed by atoms with E-state index in [0.717, 1.165) is 6.54 Å². The van der Waals surface area contributed by atoms with Crippen LogP contribution >= 0.6 is 0 Å². The molecule has 1 aliphatic heterocycles. The molecule has 1 aromatic rings. The summed E-state index contributed by atoms with van der Waals surface area (Å²) >= 11 is 0. The normalized spacial score (nSPS) is 12.5. The zero-order chi connectivity index (χ0) is 16.1. The molecule has 1 heterocycles. The van der Waals surface area contributed by atoms with Gasteiger partial charge in [0.15, 0.2) is 17.3 Å². The van der Waals surface area contributed by atoms with Gasteiger partial charge in [0, 0.05) is 24.7 Å². The van der Waals surface area contributed by atoms with Crippen LogP contribution < -0.4 is 20.1 Å². The van der Waals surface area contributed by atoms with Crippen molar-refractivity contribution in [3.63, 3.8) is 0 Å². The molecular weight excluding hydrogens is 286 g/mol. The van der Waals surface area contributed by atoms with E-state index < -0.39 is 0 Å². The lowest BCUT2D eigenvalue weighted by Gasteiger charge is -2.12. The fourth-order valence-electron chi connectivity index (χ4n) is 2.04. The van der Waals surface area contributed by atoms with E-state index in [9.17, 15) is 9.59 Å². The summed E-state index contributed by atoms with van der Waals surface area (Å²) < 4.78 is 10.5. The number of nitrogens with zero attached hydrogens (tertiary/aromatic N) is 1. The van der Waals surface area contributed by atoms with Crippen molar-refractivity contribution in [2.75, 3.05) is 45.8 Å². The Morgan fingerprint density at radius 2 is 1.91 bits per heavy atom. The second kappa shape index (κ2) is 7.24. The zero-order valence-electron chi connectivity index (χ0n) is 13.1. The van der Waals surface area contributed by atoms with Gasteiger partial charge in [-0.2, -0.15) is 0 Å². The first-order chi connectivity index (χ1) is 10.5. The van der Waals surface area contributed by atoms with Crippen molar-refractivity contribution < 1.29 is 19.1 Å². The van der Waals surface area contributed by atoms with Crippen LogP contribution in [0.3, 0.4) is 0 Å². The first-order valence-electron chi connectivity index (χ1n) is 7.07. The topological polar surface area (TPSA) is 79.9 Å². The molecule has 1 amide bonds. The van der Waals surface area contributed by atoms with Gasteiger partial charge < -0.3 is 25.0 Å². The van der Waals surface area contributed by atoms with Crippen molar-refractivity contribution in [1.29, 1.82) is 0 Å². The van der Waals surface area contributed by atoms with Gasteiger partial charge in [-0.25, -0.2) is 0 Å². The van der Waals surface area contributed by atoms with E-state index in [0.29, 0.717) is 29.3 Å². The molecule has 0 saturated carbocycles. The van der Waals surface area contributed by atoms with Crippen LogP contribution in [0.4, 0.5) is 5.69 Å². The number of amides is 1. The van der Waals surface area contributed by atoms with Gasteiger partial charge in [-0.05, 0) is 27.1 Å². The molecule has 0 fully saturated rings. The van der Waals surface area contributed by atoms with E-state index in [1.54, 1.807) is 12.1 Å². The number of nitrogens with one attached hydrogen (secondary N) is 2. The maximum atomic E-state index is 12.0. The fourth-order valence-corrected chi connectivity index (χ4v) is 2.04. The number of ether oxygens (including phenoxy) is 2. The van der Waals surface area contributed by atoms with Crippen LogP contribution in [0, 0.1) is 0 Å². The van der Waals surface area contributed by atoms with Crippen LogP contribution in [-0.4, -0.2) is 57.1 Å². The third-order valence-corrected chi connectivity index (χ3v) is 3.19. The summed E-state index contributed by atoms with van der Waals surface area (Å²) in [6, 6.07) is 3.22. The lowest BCUT2D eigenvalue weighted by molar-refractivity contribution is -0.115. The molecule has 0 radical (unpaired) electrons. The highest BCUT2D eigenvalue weighted by Crippen LogP contribution is 2.37. The van der Waals surface area contributed by atoms with Gasteiger partial charge in [0.2, 0.25) is 12.7 Å². The number of likely N-dealkylation sites (N-methyl/N-ethyl adjacent to an activating group) is 1. The van der Waals surface area contributed by atoms with E-state index >= 15 is 0 Å². The molecule has 0 saturated heterocycles. The summed E-state index contributed by atoms with van der Waals surface area (Å²) in [5, 5.41) is 5.78. The number of carbonyl (C=O) groups is 2. The minimum Gasteiger partial charge on any atom is -0.454 e. The zero-order valence-corrected chi connectivity index (χ0v) is 13.1. The van der Waals surface area contributed by atoms with Gasteiger partial charge in [-0.3, -0.25) is 9.59 Å². The van der Waals surface area contributed by atoms with E-state index in [-0.39, 0.29) is 25.0 Å². The number of benzene rings is 1. The van der Waals surface area contributed by atoms with Crippen molar-refractivity contribution in [2.45, 2.75) is 6.92 Å². The van der Waals surface area contributed by atoms with Crippen LogP contribution in [0.2, 0.25) is 0 Å². The van der Waals surface area contributed by atoms with E-state index in [1.165, 1.54) is 6.92 Å². The number of carbonyl (C=O) groups excluding carboxylic acids is 2. The number of ketones is 1. The molecule has 2 N–H and O–H groups in total. The predicted octanol–water partition coefficient (Wildman–Crippen LogP) is 0.708. The van der Waals surface area contributed by atoms with Crippen LogP contribution in [-0.2, 0) is 4.79 Å². The number of anilines is 1. The first-order valence-corrected chi connectivity index (χ1v) is 7.07. The number of hydrogen-bond donors (Lipinski definition) is 2. The van der Waals surface area contributed by atoms with Crippen LogP contribution in [0.1, 0.15) is 17.3 Å². The lowest BCUT2D eigenvalue weighted by atomic mass is 10.1. The molecule has 0 unspecified atom stereocenters. The Morgan fingerprint density at radius 1 is 1.23 bits per heavy atom. The van der Waals surface area contributed by atoms with Crippen molar-refractivity contribution in [3.8, 4) is 11.5 Å². The fraction of sp³-hybridized carbons (Fsp3) is 0.467. The van der Waals surface area contributed by atoms with Crippen LogP contribution in [0.5, 0.6) is 11.5 Å². The van der Waals surface area contributed by atoms with E-state index in [4.69, 9.17) is 9.47 Å². The number of Topliss-reactive ketones (excluding diaryl/α,β-unsaturated/α-hetero) is 1. The average molecular weight is 307 g/mol. The second-order valence-corrected chi connectivity index (χ2v) is 5.34. The standard InChI is InChI=1S/C15H21N3O4/c1-10(19)11-6-13-14(22-9-21-13)7-12(11)17-15(20)8-16-4-5-18(2)3/h6-7,16H,4-5,8-9H2,1-3H3,(H,17,20). The smallest absolute Gasteiger partial charge is 0.238 e. The van der Waals surface area contributed by atoms with E-state index in [2.05, 4.69) is 10.6 Å². The number of rotatable bonds is 7. The van der Waals surface area contributed by atoms with Crippen molar-refractivity contribution >= 4 is 17.4 Å². The Hall–Kier alpha value is -2.12. The van der Waals surface area contributed by atoms with Gasteiger partial charge in [0.25, 0.3) is 0 Å². The molecule has 0 bridgehead atoms. The second-order valence-electron chi connectivity index (χ2n) is 5.34. The Labute approximate surface area is 129 Å². The molecule has 120 valence electrons. The molecule has 0 aromatic heterocycles. The summed E-state index contributed by atoms with van der Waals surface area (Å²) in [4.78, 5) is 25.7. The van der Waals surface area contributed by atoms with Gasteiger partial charge in [0.1, 0.15) is 0 Å². The van der Waals surface area contributed by atoms with Crippen molar-refractivity contribution in [3.05, 3.63) is 17.7 Å². The summed E-state index contributed by atoms with van der Waals surface area (Å²) in [5.41, 5.74) is 0.849. The Balaban J connectivity index is 1.99. The highest BCUT2D eigenvalue weighted by atomic mass is 16.7. The molecule has 1 aromatic carbocycles. The maximum Gasteiger partial charge on any atom is 0.238 e. The highest BCUT2D eigenvalue weighted by Gasteiger charge is 2.20. The highest BCUT2D eigenvalue weighted by molar-refractivity contribution is 6.05. The summed E-state index contributed by atoms with van der Waals surface area (Å²) in [6.07, 6.45) is 0. The third-order valence-electron chi connectivity index (χ3n) is 3.19. The van der Waals surface area contributed by atoms with E-state index in [1.807, 2.05) is 19.0 Å². The molecule has 7 heteroatoms.